The van der Waals surface area contributed by atoms with Crippen LogP contribution < -0.4 is 9.80 Å². The zero-order valence-electron chi connectivity index (χ0n) is 12.5. The first-order chi connectivity index (χ1) is 11.0. The highest BCUT2D eigenvalue weighted by molar-refractivity contribution is 6.52. The largest absolute Gasteiger partial charge is 0.316 e. The van der Waals surface area contributed by atoms with Crippen LogP contribution in [0.25, 0.3) is 0 Å². The summed E-state index contributed by atoms with van der Waals surface area (Å²) in [6.45, 7) is 0.765. The third-order valence-electron chi connectivity index (χ3n) is 3.78. The van der Waals surface area contributed by atoms with Gasteiger partial charge in [-0.15, -0.1) is 0 Å². The Bertz CT molecular complexity index is 775. The number of nitrogens with one attached hydrogen (secondary N) is 1. The average molecular weight is 317 g/mol. The normalized spacial score (nSPS) is 15.0. The van der Waals surface area contributed by atoms with E-state index >= 15 is 0 Å². The minimum Gasteiger partial charge on any atom is -0.316 e. The fraction of sp³-hybridized carbons (Fsp3) is 0.176. The summed E-state index contributed by atoms with van der Waals surface area (Å²) in [6, 6.07) is 9.79. The van der Waals surface area contributed by atoms with E-state index in [1.807, 2.05) is 7.05 Å². The summed E-state index contributed by atoms with van der Waals surface area (Å²) in [6.07, 6.45) is 0. The lowest BCUT2D eigenvalue weighted by Gasteiger charge is -2.21. The second-order valence-electron chi connectivity index (χ2n) is 5.64. The summed E-state index contributed by atoms with van der Waals surface area (Å²) in [5.74, 6) is -2.07. The molecule has 4 nitrogen and oxygen atoms in total. The van der Waals surface area contributed by atoms with Crippen molar-refractivity contribution in [2.45, 2.75) is 6.54 Å². The van der Waals surface area contributed by atoms with Crippen LogP contribution in [0, 0.1) is 11.6 Å². The standard InChI is InChI=1S/C17H14F2N2O2/c1-20(9-11-2-4-12(18)5-3-11)10-21-15-8-13(19)6-7-14(15)16(22)17(21)23/h2-8H,9-10H2,1H3/p+1. The first kappa shape index (κ1) is 15.3. The van der Waals surface area contributed by atoms with E-state index < -0.39 is 17.5 Å². The van der Waals surface area contributed by atoms with Gasteiger partial charge in [0.05, 0.1) is 18.3 Å². The van der Waals surface area contributed by atoms with E-state index in [0.29, 0.717) is 12.2 Å². The molecule has 1 aliphatic rings. The van der Waals surface area contributed by atoms with E-state index in [2.05, 4.69) is 0 Å². The molecule has 23 heavy (non-hydrogen) atoms. The van der Waals surface area contributed by atoms with E-state index in [1.165, 1.54) is 35.2 Å². The molecule has 0 saturated carbocycles. The fourth-order valence-corrected chi connectivity index (χ4v) is 2.70. The first-order valence-corrected chi connectivity index (χ1v) is 7.17. The van der Waals surface area contributed by atoms with Crippen molar-refractivity contribution in [3.8, 4) is 0 Å². The number of quaternary nitrogens is 1. The number of hydrogen-bond acceptors (Lipinski definition) is 2. The predicted molar refractivity (Wildman–Crippen MR) is 80.1 cm³/mol. The maximum Gasteiger partial charge on any atom is 0.303 e. The second-order valence-corrected chi connectivity index (χ2v) is 5.64. The van der Waals surface area contributed by atoms with E-state index in [9.17, 15) is 18.4 Å². The van der Waals surface area contributed by atoms with Crippen LogP contribution >= 0.6 is 0 Å². The zero-order valence-corrected chi connectivity index (χ0v) is 12.5. The summed E-state index contributed by atoms with van der Waals surface area (Å²) in [7, 11) is 1.85. The van der Waals surface area contributed by atoms with Gasteiger partial charge in [0, 0.05) is 5.56 Å². The maximum atomic E-state index is 13.4. The molecule has 1 N–H and O–H groups in total. The van der Waals surface area contributed by atoms with Gasteiger partial charge in [-0.3, -0.25) is 14.5 Å². The number of amides is 1. The Kier molecular flexibility index (Phi) is 3.92. The molecule has 1 heterocycles. The first-order valence-electron chi connectivity index (χ1n) is 7.17. The number of Topliss-reactive ketones (excluding diaryl/α,β-unsaturated/α-hetero) is 1. The minimum absolute atomic E-state index is 0.221. The number of benzene rings is 2. The molecule has 1 unspecified atom stereocenters. The van der Waals surface area contributed by atoms with Gasteiger partial charge in [-0.25, -0.2) is 8.78 Å². The molecule has 0 radical (unpaired) electrons. The van der Waals surface area contributed by atoms with Gasteiger partial charge < -0.3 is 4.90 Å². The molecule has 6 heteroatoms. The van der Waals surface area contributed by atoms with Crippen molar-refractivity contribution in [2.24, 2.45) is 0 Å². The Morgan fingerprint density at radius 1 is 1.00 bits per heavy atom. The maximum absolute atomic E-state index is 13.4. The molecular weight excluding hydrogens is 302 g/mol. The summed E-state index contributed by atoms with van der Waals surface area (Å²) in [5, 5.41) is 0. The summed E-state index contributed by atoms with van der Waals surface area (Å²) < 4.78 is 26.3. The number of ketones is 1. The minimum atomic E-state index is -0.649. The molecule has 1 atom stereocenters. The molecule has 118 valence electrons. The Morgan fingerprint density at radius 2 is 1.65 bits per heavy atom. The van der Waals surface area contributed by atoms with Gasteiger partial charge in [-0.1, -0.05) is 12.1 Å². The molecule has 0 bridgehead atoms. The van der Waals surface area contributed by atoms with Crippen LogP contribution in [-0.4, -0.2) is 25.4 Å². The average Bonchev–Trinajstić information content (AvgIpc) is 2.74. The zero-order chi connectivity index (χ0) is 16.6. The van der Waals surface area contributed by atoms with Crippen molar-refractivity contribution in [1.82, 2.24) is 0 Å². The molecule has 0 fully saturated rings. The number of carbonyl (C=O) groups excluding carboxylic acids is 2. The van der Waals surface area contributed by atoms with Crippen molar-refractivity contribution in [3.05, 3.63) is 65.2 Å². The number of nitrogens with zero attached hydrogens (tertiary/aromatic N) is 1. The van der Waals surface area contributed by atoms with E-state index in [4.69, 9.17) is 0 Å². The molecule has 3 rings (SSSR count). The molecule has 2 aromatic carbocycles. The van der Waals surface area contributed by atoms with Crippen LogP contribution in [0.15, 0.2) is 42.5 Å². The van der Waals surface area contributed by atoms with Crippen LogP contribution in [-0.2, 0) is 11.3 Å². The highest BCUT2D eigenvalue weighted by Crippen LogP contribution is 2.28. The third-order valence-corrected chi connectivity index (χ3v) is 3.78. The van der Waals surface area contributed by atoms with Crippen LogP contribution in [0.1, 0.15) is 15.9 Å². The summed E-state index contributed by atoms with van der Waals surface area (Å²) in [5.41, 5.74) is 1.44. The van der Waals surface area contributed by atoms with Crippen LogP contribution in [0.2, 0.25) is 0 Å². The molecule has 0 spiro atoms. The number of hydrogen-bond donors (Lipinski definition) is 1. The predicted octanol–water partition coefficient (Wildman–Crippen LogP) is 1.17. The van der Waals surface area contributed by atoms with Crippen LogP contribution in [0.5, 0.6) is 0 Å². The Labute approximate surface area is 131 Å². The van der Waals surface area contributed by atoms with Crippen molar-refractivity contribution in [1.29, 1.82) is 0 Å². The van der Waals surface area contributed by atoms with Gasteiger partial charge in [0.1, 0.15) is 18.2 Å². The quantitative estimate of drug-likeness (QED) is 0.860. The number of carbonyl (C=O) groups is 2. The Morgan fingerprint density at radius 3 is 2.35 bits per heavy atom. The van der Waals surface area contributed by atoms with Crippen LogP contribution in [0.4, 0.5) is 14.5 Å². The van der Waals surface area contributed by atoms with Crippen molar-refractivity contribution in [3.63, 3.8) is 0 Å². The number of halogens is 2. The molecule has 0 saturated heterocycles. The number of rotatable bonds is 4. The molecule has 2 aromatic rings. The molecule has 1 aliphatic heterocycles. The highest BCUT2D eigenvalue weighted by atomic mass is 19.1. The van der Waals surface area contributed by atoms with Crippen LogP contribution in [0.3, 0.4) is 0 Å². The molecule has 0 aromatic heterocycles. The molecule has 0 aliphatic carbocycles. The SMILES string of the molecule is C[NH+](Cc1ccc(F)cc1)CN1C(=O)C(=O)c2ccc(F)cc21. The highest BCUT2D eigenvalue weighted by Gasteiger charge is 2.37. The van der Waals surface area contributed by atoms with Crippen molar-refractivity contribution < 1.29 is 23.3 Å². The third kappa shape index (κ3) is 2.98. The van der Waals surface area contributed by atoms with Gasteiger partial charge >= 0.3 is 5.91 Å². The topological polar surface area (TPSA) is 41.8 Å². The second kappa shape index (κ2) is 5.89. The molecule has 1 amide bonds. The lowest BCUT2D eigenvalue weighted by Crippen LogP contribution is -3.09. The van der Waals surface area contributed by atoms with Gasteiger partial charge in [0.2, 0.25) is 0 Å². The van der Waals surface area contributed by atoms with Gasteiger partial charge in [0.25, 0.3) is 5.78 Å². The summed E-state index contributed by atoms with van der Waals surface area (Å²) >= 11 is 0. The van der Waals surface area contributed by atoms with E-state index in [0.717, 1.165) is 10.5 Å². The fourth-order valence-electron chi connectivity index (χ4n) is 2.70. The van der Waals surface area contributed by atoms with E-state index in [1.54, 1.807) is 12.1 Å². The van der Waals surface area contributed by atoms with Crippen molar-refractivity contribution in [2.75, 3.05) is 18.6 Å². The van der Waals surface area contributed by atoms with Gasteiger partial charge in [-0.2, -0.15) is 0 Å². The van der Waals surface area contributed by atoms with Crippen molar-refractivity contribution >= 4 is 17.4 Å². The van der Waals surface area contributed by atoms with E-state index in [-0.39, 0.29) is 18.0 Å². The number of anilines is 1. The Hall–Kier alpha value is -2.60. The van der Waals surface area contributed by atoms with Gasteiger partial charge in [0.15, 0.2) is 6.67 Å². The Balaban J connectivity index is 1.77. The smallest absolute Gasteiger partial charge is 0.303 e. The number of fused-ring (bicyclic) bond motifs is 1. The lowest BCUT2D eigenvalue weighted by molar-refractivity contribution is -0.892. The summed E-state index contributed by atoms with van der Waals surface area (Å²) in [4.78, 5) is 26.2. The van der Waals surface area contributed by atoms with Gasteiger partial charge in [-0.05, 0) is 30.3 Å². The lowest BCUT2D eigenvalue weighted by atomic mass is 10.1. The molecular formula is C17H15F2N2O2+. The monoisotopic (exact) mass is 317 g/mol.